The van der Waals surface area contributed by atoms with Gasteiger partial charge in [0.25, 0.3) is 0 Å². The Hall–Kier alpha value is -0.610. The van der Waals surface area contributed by atoms with Crippen LogP contribution in [-0.4, -0.2) is 36.0 Å². The third kappa shape index (κ3) is 11.3. The van der Waals surface area contributed by atoms with E-state index in [0.717, 1.165) is 38.5 Å². The summed E-state index contributed by atoms with van der Waals surface area (Å²) >= 11 is 0. The normalized spacial score (nSPS) is 10.3. The molecule has 0 atom stereocenters. The molecule has 0 aliphatic heterocycles. The summed E-state index contributed by atoms with van der Waals surface area (Å²) in [4.78, 5) is 10.8. The summed E-state index contributed by atoms with van der Waals surface area (Å²) in [6, 6.07) is 0. The Morgan fingerprint density at radius 2 is 1.47 bits per heavy atom. The van der Waals surface area contributed by atoms with E-state index in [1.165, 1.54) is 0 Å². The number of carbonyl (C=O) groups excluding carboxylic acids is 1. The van der Waals surface area contributed by atoms with Crippen LogP contribution in [0, 0.1) is 0 Å². The first kappa shape index (κ1) is 14.4. The van der Waals surface area contributed by atoms with E-state index >= 15 is 0 Å². The smallest absolute Gasteiger partial charge is 0.308 e. The van der Waals surface area contributed by atoms with Crippen molar-refractivity contribution in [2.75, 3.05) is 19.8 Å². The molecule has 15 heavy (non-hydrogen) atoms. The van der Waals surface area contributed by atoms with Crippen molar-refractivity contribution in [1.29, 1.82) is 0 Å². The minimum Gasteiger partial charge on any atom is -0.466 e. The van der Waals surface area contributed by atoms with Gasteiger partial charge < -0.3 is 14.9 Å². The molecule has 0 aliphatic rings. The van der Waals surface area contributed by atoms with Crippen molar-refractivity contribution in [3.05, 3.63) is 0 Å². The van der Waals surface area contributed by atoms with Crippen molar-refractivity contribution in [3.63, 3.8) is 0 Å². The molecule has 0 aromatic heterocycles. The summed E-state index contributed by atoms with van der Waals surface area (Å²) in [6.45, 7) is 0.595. The maximum absolute atomic E-state index is 10.8. The lowest BCUT2D eigenvalue weighted by Crippen LogP contribution is -2.07. The monoisotopic (exact) mass is 218 g/mol. The zero-order valence-corrected chi connectivity index (χ0v) is 9.28. The van der Waals surface area contributed by atoms with E-state index in [1.807, 2.05) is 0 Å². The first-order chi connectivity index (χ1) is 7.31. The molecule has 0 rings (SSSR count). The molecular weight excluding hydrogens is 196 g/mol. The third-order valence-electron chi connectivity index (χ3n) is 2.13. The van der Waals surface area contributed by atoms with Crippen molar-refractivity contribution in [1.82, 2.24) is 0 Å². The van der Waals surface area contributed by atoms with Crippen LogP contribution >= 0.6 is 0 Å². The van der Waals surface area contributed by atoms with E-state index in [-0.39, 0.29) is 25.6 Å². The molecule has 0 unspecified atom stereocenters. The van der Waals surface area contributed by atoms with Crippen LogP contribution in [0.4, 0.5) is 0 Å². The van der Waals surface area contributed by atoms with Gasteiger partial charge in [-0.1, -0.05) is 25.7 Å². The number of hydrogen-bond donors (Lipinski definition) is 2. The second-order valence-electron chi connectivity index (χ2n) is 3.54. The molecule has 0 spiro atoms. The fourth-order valence-corrected chi connectivity index (χ4v) is 1.27. The number of aliphatic hydroxyl groups excluding tert-OH is 2. The zero-order valence-electron chi connectivity index (χ0n) is 9.28. The molecule has 0 amide bonds. The second kappa shape index (κ2) is 11.5. The molecule has 0 saturated heterocycles. The molecule has 0 aliphatic carbocycles. The topological polar surface area (TPSA) is 66.8 Å². The Morgan fingerprint density at radius 3 is 2.07 bits per heavy atom. The second-order valence-corrected chi connectivity index (χ2v) is 3.54. The largest absolute Gasteiger partial charge is 0.466 e. The lowest BCUT2D eigenvalue weighted by atomic mass is 10.1. The van der Waals surface area contributed by atoms with Gasteiger partial charge in [0.15, 0.2) is 0 Å². The van der Waals surface area contributed by atoms with Crippen molar-refractivity contribution < 1.29 is 19.7 Å². The van der Waals surface area contributed by atoms with E-state index in [9.17, 15) is 4.79 Å². The van der Waals surface area contributed by atoms with Gasteiger partial charge in [0, 0.05) is 6.61 Å². The van der Waals surface area contributed by atoms with E-state index in [4.69, 9.17) is 14.9 Å². The number of esters is 1. The fraction of sp³-hybridized carbons (Fsp3) is 0.909. The Bertz CT molecular complexity index is 148. The van der Waals surface area contributed by atoms with Gasteiger partial charge in [-0.3, -0.25) is 4.79 Å². The zero-order chi connectivity index (χ0) is 11.4. The van der Waals surface area contributed by atoms with Crippen molar-refractivity contribution in [2.45, 2.75) is 44.9 Å². The van der Waals surface area contributed by atoms with Crippen LogP contribution in [0.3, 0.4) is 0 Å². The maximum atomic E-state index is 10.8. The summed E-state index contributed by atoms with van der Waals surface area (Å²) in [6.07, 6.45) is 6.24. The van der Waals surface area contributed by atoms with Crippen LogP contribution in [0.15, 0.2) is 0 Å². The molecule has 0 fully saturated rings. The van der Waals surface area contributed by atoms with Gasteiger partial charge in [-0.2, -0.15) is 0 Å². The lowest BCUT2D eigenvalue weighted by molar-refractivity contribution is -0.144. The number of ether oxygens (including phenoxy) is 1. The fourth-order valence-electron chi connectivity index (χ4n) is 1.27. The van der Waals surface area contributed by atoms with Gasteiger partial charge in [0.1, 0.15) is 0 Å². The highest BCUT2D eigenvalue weighted by Crippen LogP contribution is 2.05. The minimum absolute atomic E-state index is 0.0938. The molecule has 90 valence electrons. The third-order valence-corrected chi connectivity index (χ3v) is 2.13. The Kier molecular flexibility index (Phi) is 11.0. The number of hydrogen-bond acceptors (Lipinski definition) is 4. The number of carbonyl (C=O) groups is 1. The number of aliphatic hydroxyl groups is 2. The highest BCUT2D eigenvalue weighted by molar-refractivity contribution is 5.69. The van der Waals surface area contributed by atoms with Gasteiger partial charge in [-0.25, -0.2) is 0 Å². The molecular formula is C11H22O4. The van der Waals surface area contributed by atoms with Gasteiger partial charge >= 0.3 is 5.97 Å². The summed E-state index contributed by atoms with van der Waals surface area (Å²) in [5.41, 5.74) is 0. The molecule has 0 bridgehead atoms. The van der Waals surface area contributed by atoms with Crippen LogP contribution in [0.5, 0.6) is 0 Å². The van der Waals surface area contributed by atoms with E-state index < -0.39 is 0 Å². The molecule has 4 nitrogen and oxygen atoms in total. The quantitative estimate of drug-likeness (QED) is 0.428. The predicted octanol–water partition coefficient (Wildman–Crippen LogP) is 1.24. The van der Waals surface area contributed by atoms with Gasteiger partial charge in [0.2, 0.25) is 0 Å². The number of rotatable bonds is 10. The van der Waals surface area contributed by atoms with Crippen LogP contribution in [0.1, 0.15) is 44.9 Å². The van der Waals surface area contributed by atoms with Crippen molar-refractivity contribution in [3.8, 4) is 0 Å². The molecule has 0 saturated carbocycles. The summed E-state index contributed by atoms with van der Waals surface area (Å²) in [5.74, 6) is -0.321. The van der Waals surface area contributed by atoms with Crippen LogP contribution in [-0.2, 0) is 9.53 Å². The van der Waals surface area contributed by atoms with Crippen LogP contribution < -0.4 is 0 Å². The minimum atomic E-state index is -0.321. The maximum Gasteiger partial charge on any atom is 0.308 e. The van der Waals surface area contributed by atoms with Crippen molar-refractivity contribution in [2.24, 2.45) is 0 Å². The van der Waals surface area contributed by atoms with Crippen molar-refractivity contribution >= 4 is 5.97 Å². The predicted molar refractivity (Wildman–Crippen MR) is 57.4 cm³/mol. The molecule has 0 heterocycles. The summed E-state index contributed by atoms with van der Waals surface area (Å²) < 4.78 is 4.87. The molecule has 0 aromatic carbocycles. The average Bonchev–Trinajstić information content (AvgIpc) is 2.22. The van der Waals surface area contributed by atoms with Crippen LogP contribution in [0.25, 0.3) is 0 Å². The first-order valence-corrected chi connectivity index (χ1v) is 5.68. The van der Waals surface area contributed by atoms with Gasteiger partial charge in [-0.15, -0.1) is 0 Å². The average molecular weight is 218 g/mol. The van der Waals surface area contributed by atoms with E-state index in [0.29, 0.717) is 6.61 Å². The molecule has 0 aromatic rings. The standard InChI is InChI=1S/C11H22O4/c12-8-5-3-1-2-4-6-10-15-11(14)7-9-13/h12-13H,1-10H2. The molecule has 0 radical (unpaired) electrons. The first-order valence-electron chi connectivity index (χ1n) is 5.68. The van der Waals surface area contributed by atoms with Gasteiger partial charge in [-0.05, 0) is 12.8 Å². The highest BCUT2D eigenvalue weighted by Gasteiger charge is 2.00. The SMILES string of the molecule is O=C(CCO)OCCCCCCCCO. The van der Waals surface area contributed by atoms with E-state index in [2.05, 4.69) is 0 Å². The highest BCUT2D eigenvalue weighted by atomic mass is 16.5. The molecule has 2 N–H and O–H groups in total. The van der Waals surface area contributed by atoms with Gasteiger partial charge in [0.05, 0.1) is 19.6 Å². The lowest BCUT2D eigenvalue weighted by Gasteiger charge is -2.03. The summed E-state index contributed by atoms with van der Waals surface area (Å²) in [5, 5.41) is 17.0. The Labute approximate surface area is 91.3 Å². The Balaban J connectivity index is 3.01. The summed E-state index contributed by atoms with van der Waals surface area (Å²) in [7, 11) is 0. The Morgan fingerprint density at radius 1 is 0.867 bits per heavy atom. The molecule has 4 heteroatoms. The van der Waals surface area contributed by atoms with E-state index in [1.54, 1.807) is 0 Å². The number of unbranched alkanes of at least 4 members (excludes halogenated alkanes) is 5. The van der Waals surface area contributed by atoms with Crippen LogP contribution in [0.2, 0.25) is 0 Å².